The number of nitrogens with zero attached hydrogens (tertiary/aromatic N) is 2. The minimum absolute atomic E-state index is 0.0325. The monoisotopic (exact) mass is 1090 g/mol. The number of hydrogen-bond acceptors (Lipinski definition) is 28. The summed E-state index contributed by atoms with van der Waals surface area (Å²) in [7, 11) is 0. The van der Waals surface area contributed by atoms with Gasteiger partial charge in [0.05, 0.1) is 75.0 Å². The second-order valence-corrected chi connectivity index (χ2v) is 17.7. The van der Waals surface area contributed by atoms with Crippen LogP contribution in [0.5, 0.6) is 0 Å². The molecule has 34 nitrogen and oxygen atoms in total. The van der Waals surface area contributed by atoms with Crippen molar-refractivity contribution < 1.29 is 141 Å². The number of rotatable bonds is 10. The number of piperidine rings is 6. The Morgan fingerprint density at radius 1 is 0.365 bits per heavy atom. The Morgan fingerprint density at radius 3 is 0.878 bits per heavy atom. The first-order chi connectivity index (χ1) is 34.4. The predicted octanol–water partition coefficient (Wildman–Crippen LogP) is -13.7. The van der Waals surface area contributed by atoms with Crippen molar-refractivity contribution in [1.82, 2.24) is 31.1 Å². The Kier molecular flexibility index (Phi) is 30.5. The molecule has 10 unspecified atom stereocenters. The van der Waals surface area contributed by atoms with Crippen LogP contribution in [-0.2, 0) is 28.8 Å². The van der Waals surface area contributed by atoms with Crippen molar-refractivity contribution in [3.8, 4) is 0 Å². The van der Waals surface area contributed by atoms with Crippen LogP contribution < -0.4 is 21.3 Å². The molecule has 6 fully saturated rings. The van der Waals surface area contributed by atoms with Crippen LogP contribution in [0.15, 0.2) is 0 Å². The summed E-state index contributed by atoms with van der Waals surface area (Å²) < 4.78 is 0. The van der Waals surface area contributed by atoms with E-state index in [4.69, 9.17) is 81.7 Å². The van der Waals surface area contributed by atoms with E-state index in [1.54, 1.807) is 0 Å². The predicted molar refractivity (Wildman–Crippen MR) is 240 cm³/mol. The van der Waals surface area contributed by atoms with Crippen molar-refractivity contribution in [3.05, 3.63) is 0 Å². The van der Waals surface area contributed by atoms with Gasteiger partial charge in [0, 0.05) is 26.2 Å². The molecular weight excluding hydrogens is 1010 g/mol. The van der Waals surface area contributed by atoms with Gasteiger partial charge in [-0.15, -0.1) is 0 Å². The summed E-state index contributed by atoms with van der Waals surface area (Å²) in [6.45, 7) is -0.605. The van der Waals surface area contributed by atoms with E-state index in [0.717, 1.165) is 12.8 Å². The maximum Gasteiger partial charge on any atom is 0.323 e. The van der Waals surface area contributed by atoms with Crippen LogP contribution in [0.4, 0.5) is 0 Å². The summed E-state index contributed by atoms with van der Waals surface area (Å²) >= 11 is 0. The van der Waals surface area contributed by atoms with Gasteiger partial charge < -0.3 is 123 Å². The topological polar surface area (TPSA) is 602 Å². The number of carboxylic acids is 6. The van der Waals surface area contributed by atoms with E-state index in [2.05, 4.69) is 21.3 Å². The van der Waals surface area contributed by atoms with Crippen LogP contribution in [0.3, 0.4) is 0 Å². The fraction of sp³-hybridized carbons (Fsp3) is 0.850. The highest BCUT2D eigenvalue weighted by Gasteiger charge is 2.44. The van der Waals surface area contributed by atoms with E-state index < -0.39 is 184 Å². The van der Waals surface area contributed by atoms with Gasteiger partial charge in [-0.25, -0.2) is 0 Å². The number of aliphatic hydroxyl groups excluding tert-OH is 16. The zero-order chi connectivity index (χ0) is 56.9. The third-order valence-corrected chi connectivity index (χ3v) is 12.3. The summed E-state index contributed by atoms with van der Waals surface area (Å²) in [6, 6.07) is -5.65. The third-order valence-electron chi connectivity index (χ3n) is 12.3. The van der Waals surface area contributed by atoms with Gasteiger partial charge in [0.2, 0.25) is 0 Å². The summed E-state index contributed by atoms with van der Waals surface area (Å²) in [5.74, 6) is -6.66. The number of β-amino-alcohol motifs (C(OH)–C–C–N with tert-alkyl or cyclic N) is 4. The van der Waals surface area contributed by atoms with E-state index in [9.17, 15) is 59.4 Å². The lowest BCUT2D eigenvalue weighted by Crippen LogP contribution is -2.63. The van der Waals surface area contributed by atoms with E-state index in [-0.39, 0.29) is 26.2 Å². The Hall–Kier alpha value is -4.06. The number of nitrogens with one attached hydrogen (secondary N) is 4. The van der Waals surface area contributed by atoms with Crippen LogP contribution in [0, 0.1) is 0 Å². The number of aliphatic hydroxyl groups is 16. The van der Waals surface area contributed by atoms with Gasteiger partial charge in [0.25, 0.3) is 0 Å². The summed E-state index contributed by atoms with van der Waals surface area (Å²) in [5.41, 5.74) is 0. The SMILES string of the molecule is O=C(O)C1NCC(O)C(O)C1O.O=C(O)C1NCCCC1O.O=C(O)CN1CC(O)C(O)C(O)C1CO.O=C(O)CN1C[C@H](O)[C@@H](O)[C@H](O)[C@H]1CO.O=C(O)[C@H]1NCCC[C@@H]1O.O=C(O)[C@H]1NC[C@H](O)[C@@H](O)[C@@H]1O. The van der Waals surface area contributed by atoms with Crippen molar-refractivity contribution in [2.24, 2.45) is 0 Å². The van der Waals surface area contributed by atoms with Gasteiger partial charge in [-0.3, -0.25) is 49.2 Å². The lowest BCUT2D eigenvalue weighted by atomic mass is 9.94. The summed E-state index contributed by atoms with van der Waals surface area (Å²) in [6.07, 6.45) is -14.3. The van der Waals surface area contributed by atoms with Crippen molar-refractivity contribution in [1.29, 1.82) is 0 Å². The van der Waals surface area contributed by atoms with Gasteiger partial charge in [-0.05, 0) is 38.8 Å². The second kappa shape index (κ2) is 33.2. The molecule has 34 heteroatoms. The van der Waals surface area contributed by atoms with Gasteiger partial charge >= 0.3 is 35.8 Å². The molecule has 0 spiro atoms. The molecule has 20 atom stereocenters. The molecule has 6 aliphatic heterocycles. The van der Waals surface area contributed by atoms with Crippen LogP contribution >= 0.6 is 0 Å². The molecule has 6 rings (SSSR count). The van der Waals surface area contributed by atoms with Gasteiger partial charge in [-0.2, -0.15) is 0 Å². The van der Waals surface area contributed by atoms with E-state index in [1.165, 1.54) is 9.80 Å². The summed E-state index contributed by atoms with van der Waals surface area (Å²) in [4.78, 5) is 64.9. The lowest BCUT2D eigenvalue weighted by molar-refractivity contribution is -0.158. The molecule has 0 radical (unpaired) electrons. The maximum atomic E-state index is 10.5. The zero-order valence-electron chi connectivity index (χ0n) is 39.6. The smallest absolute Gasteiger partial charge is 0.323 e. The van der Waals surface area contributed by atoms with E-state index in [0.29, 0.717) is 25.9 Å². The summed E-state index contributed by atoms with van der Waals surface area (Å²) in [5, 5.41) is 208. The fourth-order valence-electron chi connectivity index (χ4n) is 8.01. The van der Waals surface area contributed by atoms with Crippen LogP contribution in [0.2, 0.25) is 0 Å². The average Bonchev–Trinajstić information content (AvgIpc) is 3.32. The van der Waals surface area contributed by atoms with Crippen molar-refractivity contribution in [2.45, 2.75) is 147 Å². The molecule has 6 aliphatic rings. The fourth-order valence-corrected chi connectivity index (χ4v) is 8.01. The quantitative estimate of drug-likeness (QED) is 0.0966. The molecule has 0 aromatic rings. The minimum atomic E-state index is -1.47. The highest BCUT2D eigenvalue weighted by molar-refractivity contribution is 5.76. The standard InChI is InChI=1S/2C8H15NO6.2C6H11NO5.2C6H11NO3/c2*10-3-4-7(14)8(15)5(11)1-9(4)2-6(12)13;2*8-2-1-7-3(6(11)12)5(10)4(2)9;2*8-4-2-1-3-7-5(4)6(9)10/h2*4-5,7-8,10-11,14-15H,1-3H2,(H,12,13);2*2-5,7-10H,1H2,(H,11,12);2*4-5,7-8H,1-3H2,(H,9,10)/t4-,5+,7-,8-;;2-,3-,4+,5+;;4-,5-;/m1.0.0./s1. The molecule has 0 aromatic heterocycles. The number of hydrogen-bond donors (Lipinski definition) is 26. The second-order valence-electron chi connectivity index (χ2n) is 17.7. The number of carbonyl (C=O) groups is 6. The molecule has 0 amide bonds. The number of carboxylic acid groups (broad SMARTS) is 6. The van der Waals surface area contributed by atoms with Crippen molar-refractivity contribution in [2.75, 3.05) is 65.6 Å². The molecule has 6 heterocycles. The van der Waals surface area contributed by atoms with Crippen LogP contribution in [-0.4, -0.2) is 345 Å². The normalized spacial score (nSPS) is 38.3. The molecule has 74 heavy (non-hydrogen) atoms. The first kappa shape index (κ1) is 68.0. The maximum absolute atomic E-state index is 10.5. The molecule has 432 valence electrons. The lowest BCUT2D eigenvalue weighted by Gasteiger charge is -2.42. The Balaban J connectivity index is 0.000000447. The average molecular weight is 1090 g/mol. The Bertz CT molecular complexity index is 1610. The molecule has 6 saturated heterocycles. The highest BCUT2D eigenvalue weighted by atomic mass is 16.4. The van der Waals surface area contributed by atoms with Gasteiger partial charge in [-0.1, -0.05) is 0 Å². The van der Waals surface area contributed by atoms with Crippen LogP contribution in [0.25, 0.3) is 0 Å². The number of likely N-dealkylation sites (tertiary alicyclic amines) is 2. The van der Waals surface area contributed by atoms with Crippen molar-refractivity contribution >= 4 is 35.8 Å². The minimum Gasteiger partial charge on any atom is -0.480 e. The molecule has 0 aromatic carbocycles. The first-order valence-electron chi connectivity index (χ1n) is 23.0. The van der Waals surface area contributed by atoms with E-state index >= 15 is 0 Å². The third kappa shape index (κ3) is 21.2. The highest BCUT2D eigenvalue weighted by Crippen LogP contribution is 2.20. The molecule has 0 saturated carbocycles. The van der Waals surface area contributed by atoms with E-state index in [1.807, 2.05) is 0 Å². The molecule has 0 aliphatic carbocycles. The molecular formula is C40H74N6O28. The van der Waals surface area contributed by atoms with Crippen molar-refractivity contribution in [3.63, 3.8) is 0 Å². The molecule has 0 bridgehead atoms. The largest absolute Gasteiger partial charge is 0.480 e. The van der Waals surface area contributed by atoms with Crippen LogP contribution in [0.1, 0.15) is 25.7 Å². The Labute approximate surface area is 420 Å². The van der Waals surface area contributed by atoms with Gasteiger partial charge in [0.1, 0.15) is 73.0 Å². The zero-order valence-corrected chi connectivity index (χ0v) is 39.6. The number of aliphatic carboxylic acids is 6. The molecule has 26 N–H and O–H groups in total. The Morgan fingerprint density at radius 2 is 0.649 bits per heavy atom. The first-order valence-corrected chi connectivity index (χ1v) is 23.0. The van der Waals surface area contributed by atoms with Gasteiger partial charge in [0.15, 0.2) is 0 Å².